The number of nitrogens with one attached hydrogen (secondary N) is 1. The predicted molar refractivity (Wildman–Crippen MR) is 114 cm³/mol. The van der Waals surface area contributed by atoms with Crippen LogP contribution in [0, 0.1) is 0 Å². The Balaban J connectivity index is 1.59. The second-order valence-electron chi connectivity index (χ2n) is 7.92. The zero-order valence-electron chi connectivity index (χ0n) is 16.9. The molecule has 1 unspecified atom stereocenters. The van der Waals surface area contributed by atoms with Gasteiger partial charge in [0.15, 0.2) is 0 Å². The number of pyridine rings is 1. The molecule has 0 saturated carbocycles. The topological polar surface area (TPSA) is 77.9 Å². The van der Waals surface area contributed by atoms with Crippen molar-refractivity contribution in [3.05, 3.63) is 47.6 Å². The molecule has 1 aromatic carbocycles. The second kappa shape index (κ2) is 8.98. The minimum atomic E-state index is -0.756. The van der Waals surface area contributed by atoms with Crippen LogP contribution in [0.15, 0.2) is 42.6 Å². The van der Waals surface area contributed by atoms with E-state index in [-0.39, 0.29) is 12.1 Å². The third kappa shape index (κ3) is 6.06. The number of nitrogens with zero attached hydrogens (tertiary/aromatic N) is 3. The zero-order chi connectivity index (χ0) is 21.0. The lowest BCUT2D eigenvalue weighted by Gasteiger charge is -2.41. The molecular weight excluding hydrogens is 392 g/mol. The van der Waals surface area contributed by atoms with Gasteiger partial charge in [-0.1, -0.05) is 23.7 Å². The van der Waals surface area contributed by atoms with E-state index in [1.165, 1.54) is 0 Å². The van der Waals surface area contributed by atoms with Crippen molar-refractivity contribution < 1.29 is 14.6 Å². The molecule has 1 fully saturated rings. The first kappa shape index (κ1) is 21.4. The minimum Gasteiger partial charge on any atom is -0.437 e. The summed E-state index contributed by atoms with van der Waals surface area (Å²) in [6.07, 6.45) is 1.58. The molecule has 0 aliphatic carbocycles. The van der Waals surface area contributed by atoms with E-state index in [9.17, 15) is 9.90 Å². The van der Waals surface area contributed by atoms with Crippen LogP contribution >= 0.6 is 11.6 Å². The van der Waals surface area contributed by atoms with Crippen molar-refractivity contribution >= 4 is 23.3 Å². The van der Waals surface area contributed by atoms with Crippen LogP contribution in [0.3, 0.4) is 0 Å². The van der Waals surface area contributed by atoms with E-state index in [0.717, 1.165) is 6.54 Å². The van der Waals surface area contributed by atoms with Gasteiger partial charge in [0.1, 0.15) is 5.75 Å². The Kier molecular flexibility index (Phi) is 6.62. The van der Waals surface area contributed by atoms with Crippen LogP contribution in [-0.4, -0.2) is 63.7 Å². The SMILES string of the molecule is CC1CN(C(=O)Nc2ccnc(Oc3ccccc3Cl)c2)CCN1CC(C)(C)O. The first-order chi connectivity index (χ1) is 13.7. The monoisotopic (exact) mass is 418 g/mol. The molecule has 8 heteroatoms. The summed E-state index contributed by atoms with van der Waals surface area (Å²) in [5.41, 5.74) is -0.160. The van der Waals surface area contributed by atoms with Gasteiger partial charge in [0.05, 0.1) is 10.6 Å². The van der Waals surface area contributed by atoms with Gasteiger partial charge in [0.25, 0.3) is 0 Å². The highest BCUT2D eigenvalue weighted by Crippen LogP contribution is 2.28. The molecule has 2 amide bonds. The van der Waals surface area contributed by atoms with Gasteiger partial charge in [-0.05, 0) is 39.0 Å². The van der Waals surface area contributed by atoms with Crippen molar-refractivity contribution in [2.24, 2.45) is 0 Å². The Morgan fingerprint density at radius 1 is 1.34 bits per heavy atom. The highest BCUT2D eigenvalue weighted by atomic mass is 35.5. The highest BCUT2D eigenvalue weighted by molar-refractivity contribution is 6.32. The number of piperazine rings is 1. The fraction of sp³-hybridized carbons (Fsp3) is 0.429. The average molecular weight is 419 g/mol. The zero-order valence-corrected chi connectivity index (χ0v) is 17.7. The number of urea groups is 1. The average Bonchev–Trinajstić information content (AvgIpc) is 2.64. The maximum atomic E-state index is 12.7. The summed E-state index contributed by atoms with van der Waals surface area (Å²) in [5, 5.41) is 13.4. The van der Waals surface area contributed by atoms with E-state index in [1.807, 2.05) is 12.1 Å². The summed E-state index contributed by atoms with van der Waals surface area (Å²) in [6.45, 7) is 8.14. The minimum absolute atomic E-state index is 0.164. The largest absolute Gasteiger partial charge is 0.437 e. The molecule has 2 N–H and O–H groups in total. The van der Waals surface area contributed by atoms with Crippen LogP contribution < -0.4 is 10.1 Å². The number of ether oxygens (including phenoxy) is 1. The van der Waals surface area contributed by atoms with E-state index in [4.69, 9.17) is 16.3 Å². The van der Waals surface area contributed by atoms with Crippen molar-refractivity contribution in [1.29, 1.82) is 0 Å². The van der Waals surface area contributed by atoms with Crippen molar-refractivity contribution in [2.45, 2.75) is 32.4 Å². The molecule has 0 spiro atoms. The maximum Gasteiger partial charge on any atom is 0.321 e. The number of amides is 2. The number of β-amino-alcohol motifs (C(OH)–C–C–N with tert-alkyl or cyclic N) is 1. The van der Waals surface area contributed by atoms with E-state index in [1.54, 1.807) is 49.2 Å². The van der Waals surface area contributed by atoms with Crippen molar-refractivity contribution in [3.63, 3.8) is 0 Å². The Morgan fingerprint density at radius 3 is 2.79 bits per heavy atom. The van der Waals surface area contributed by atoms with Crippen LogP contribution in [-0.2, 0) is 0 Å². The molecule has 0 bridgehead atoms. The number of carbonyl (C=O) groups is 1. The molecule has 1 aliphatic heterocycles. The smallest absolute Gasteiger partial charge is 0.321 e. The molecule has 0 radical (unpaired) electrons. The third-order valence-corrected chi connectivity index (χ3v) is 4.99. The van der Waals surface area contributed by atoms with E-state index in [2.05, 4.69) is 22.1 Å². The number of halogens is 1. The Hall–Kier alpha value is -2.35. The Morgan fingerprint density at radius 2 is 2.10 bits per heavy atom. The summed E-state index contributed by atoms with van der Waals surface area (Å²) in [7, 11) is 0. The molecule has 2 aromatic rings. The van der Waals surface area contributed by atoms with Gasteiger partial charge < -0.3 is 20.1 Å². The van der Waals surface area contributed by atoms with Crippen LogP contribution in [0.5, 0.6) is 11.6 Å². The highest BCUT2D eigenvalue weighted by Gasteiger charge is 2.29. The Bertz CT molecular complexity index is 856. The molecule has 1 saturated heterocycles. The number of carbonyl (C=O) groups excluding carboxylic acids is 1. The summed E-state index contributed by atoms with van der Waals surface area (Å²) in [5.74, 6) is 0.848. The Labute approximate surface area is 176 Å². The molecule has 2 heterocycles. The fourth-order valence-corrected chi connectivity index (χ4v) is 3.47. The van der Waals surface area contributed by atoms with Gasteiger partial charge in [-0.3, -0.25) is 4.90 Å². The lowest BCUT2D eigenvalue weighted by Crippen LogP contribution is -2.57. The van der Waals surface area contributed by atoms with Crippen molar-refractivity contribution in [3.8, 4) is 11.6 Å². The van der Waals surface area contributed by atoms with E-state index < -0.39 is 5.60 Å². The van der Waals surface area contributed by atoms with Crippen LogP contribution in [0.2, 0.25) is 5.02 Å². The molecule has 7 nitrogen and oxygen atoms in total. The van der Waals surface area contributed by atoms with Gasteiger partial charge in [-0.25, -0.2) is 9.78 Å². The van der Waals surface area contributed by atoms with Gasteiger partial charge >= 0.3 is 6.03 Å². The molecule has 1 aliphatic rings. The number of aromatic nitrogens is 1. The van der Waals surface area contributed by atoms with Gasteiger partial charge in [-0.15, -0.1) is 0 Å². The third-order valence-electron chi connectivity index (χ3n) is 4.68. The van der Waals surface area contributed by atoms with Crippen LogP contribution in [0.25, 0.3) is 0 Å². The van der Waals surface area contributed by atoms with Gasteiger partial charge in [0, 0.05) is 50.2 Å². The van der Waals surface area contributed by atoms with Crippen LogP contribution in [0.1, 0.15) is 20.8 Å². The first-order valence-corrected chi connectivity index (χ1v) is 10.00. The molecular formula is C21H27ClN4O3. The molecule has 3 rings (SSSR count). The number of rotatable bonds is 5. The number of hydrogen-bond donors (Lipinski definition) is 2. The molecule has 1 atom stereocenters. The maximum absolute atomic E-state index is 12.7. The molecule has 1 aromatic heterocycles. The lowest BCUT2D eigenvalue weighted by molar-refractivity contribution is 0.00377. The second-order valence-corrected chi connectivity index (χ2v) is 8.33. The molecule has 29 heavy (non-hydrogen) atoms. The number of benzene rings is 1. The fourth-order valence-electron chi connectivity index (χ4n) is 3.30. The number of aliphatic hydroxyl groups is 1. The van der Waals surface area contributed by atoms with Crippen LogP contribution in [0.4, 0.5) is 10.5 Å². The number of para-hydroxylation sites is 1. The number of hydrogen-bond acceptors (Lipinski definition) is 5. The lowest BCUT2D eigenvalue weighted by atomic mass is 10.1. The molecule has 156 valence electrons. The van der Waals surface area contributed by atoms with Crippen molar-refractivity contribution in [1.82, 2.24) is 14.8 Å². The summed E-state index contributed by atoms with van der Waals surface area (Å²) < 4.78 is 5.72. The summed E-state index contributed by atoms with van der Waals surface area (Å²) in [6, 6.07) is 10.5. The normalized spacial score (nSPS) is 17.8. The van der Waals surface area contributed by atoms with Crippen molar-refractivity contribution in [2.75, 3.05) is 31.5 Å². The summed E-state index contributed by atoms with van der Waals surface area (Å²) >= 11 is 6.12. The summed E-state index contributed by atoms with van der Waals surface area (Å²) in [4.78, 5) is 20.8. The predicted octanol–water partition coefficient (Wildman–Crippen LogP) is 3.84. The first-order valence-electron chi connectivity index (χ1n) is 9.62. The number of anilines is 1. The van der Waals surface area contributed by atoms with Gasteiger partial charge in [0.2, 0.25) is 5.88 Å². The standard InChI is InChI=1S/C21H27ClN4O3/c1-15-13-25(10-11-26(15)14-21(2,3)28)20(27)24-16-8-9-23-19(12-16)29-18-7-5-4-6-17(18)22/h4-9,12,15,28H,10-11,13-14H2,1-3H3,(H,23,24,27). The van der Waals surface area contributed by atoms with E-state index in [0.29, 0.717) is 42.0 Å². The quantitative estimate of drug-likeness (QED) is 0.771. The van der Waals surface area contributed by atoms with E-state index >= 15 is 0 Å². The van der Waals surface area contributed by atoms with Gasteiger partial charge in [-0.2, -0.15) is 0 Å².